The van der Waals surface area contributed by atoms with Gasteiger partial charge in [-0.3, -0.25) is 0 Å². The van der Waals surface area contributed by atoms with E-state index in [1.165, 1.54) is 11.3 Å². The number of anilines is 1. The minimum Gasteiger partial charge on any atom is -0.369 e. The smallest absolute Gasteiger partial charge is 0.0512 e. The number of nitrogens with zero attached hydrogens (tertiary/aromatic N) is 1. The molecular weight excluding hydrogens is 310 g/mol. The third kappa shape index (κ3) is 2.27. The fraction of sp³-hybridized carbons (Fsp3) is 0.200. The average Bonchev–Trinajstić information content (AvgIpc) is 2.31. The van der Waals surface area contributed by atoms with Gasteiger partial charge in [-0.2, -0.15) is 0 Å². The standard InChI is InChI=1S/C15H13BrClN/c16-14-8-13(17)6-7-15(14)18-9-12(10-18)11-4-2-1-3-5-11/h1-8,12H,9-10H2. The zero-order valence-electron chi connectivity index (χ0n) is 9.81. The predicted octanol–water partition coefficient (Wildman–Crippen LogP) is 4.71. The van der Waals surface area contributed by atoms with E-state index < -0.39 is 0 Å². The highest BCUT2D eigenvalue weighted by Crippen LogP contribution is 2.36. The second kappa shape index (κ2) is 4.94. The van der Waals surface area contributed by atoms with Crippen LogP contribution in [0.25, 0.3) is 0 Å². The number of hydrogen-bond acceptors (Lipinski definition) is 1. The third-order valence-electron chi connectivity index (χ3n) is 3.40. The van der Waals surface area contributed by atoms with E-state index in [4.69, 9.17) is 11.6 Å². The fourth-order valence-corrected chi connectivity index (χ4v) is 3.28. The van der Waals surface area contributed by atoms with Crippen LogP contribution in [0.15, 0.2) is 53.0 Å². The molecule has 1 heterocycles. The summed E-state index contributed by atoms with van der Waals surface area (Å²) >= 11 is 9.53. The molecule has 2 aromatic rings. The summed E-state index contributed by atoms with van der Waals surface area (Å²) in [6.45, 7) is 2.15. The van der Waals surface area contributed by atoms with Crippen LogP contribution in [0.2, 0.25) is 5.02 Å². The quantitative estimate of drug-likeness (QED) is 0.774. The van der Waals surface area contributed by atoms with Crippen LogP contribution < -0.4 is 4.90 Å². The summed E-state index contributed by atoms with van der Waals surface area (Å²) in [6.07, 6.45) is 0. The van der Waals surface area contributed by atoms with Crippen molar-refractivity contribution < 1.29 is 0 Å². The van der Waals surface area contributed by atoms with E-state index in [-0.39, 0.29) is 0 Å². The average molecular weight is 323 g/mol. The molecule has 1 aliphatic heterocycles. The maximum absolute atomic E-state index is 5.96. The lowest BCUT2D eigenvalue weighted by Crippen LogP contribution is -2.45. The monoisotopic (exact) mass is 321 g/mol. The van der Waals surface area contributed by atoms with Gasteiger partial charge in [0.05, 0.1) is 5.69 Å². The van der Waals surface area contributed by atoms with Crippen LogP contribution in [0.3, 0.4) is 0 Å². The van der Waals surface area contributed by atoms with E-state index in [9.17, 15) is 0 Å². The van der Waals surface area contributed by atoms with Crippen LogP contribution in [0.1, 0.15) is 11.5 Å². The van der Waals surface area contributed by atoms with Gasteiger partial charge in [-0.15, -0.1) is 0 Å². The van der Waals surface area contributed by atoms with Crippen molar-refractivity contribution in [3.8, 4) is 0 Å². The minimum absolute atomic E-state index is 0.647. The van der Waals surface area contributed by atoms with Gasteiger partial charge in [-0.05, 0) is 39.7 Å². The first-order chi connectivity index (χ1) is 8.74. The van der Waals surface area contributed by atoms with Gasteiger partial charge in [-0.1, -0.05) is 41.9 Å². The Morgan fingerprint density at radius 1 is 1.06 bits per heavy atom. The molecule has 1 nitrogen and oxygen atoms in total. The summed E-state index contributed by atoms with van der Waals surface area (Å²) in [7, 11) is 0. The van der Waals surface area contributed by atoms with Gasteiger partial charge in [0.1, 0.15) is 0 Å². The highest BCUT2D eigenvalue weighted by atomic mass is 79.9. The lowest BCUT2D eigenvalue weighted by molar-refractivity contribution is 0.524. The first-order valence-corrected chi connectivity index (χ1v) is 7.16. The predicted molar refractivity (Wildman–Crippen MR) is 80.5 cm³/mol. The Labute approximate surface area is 121 Å². The zero-order chi connectivity index (χ0) is 12.5. The van der Waals surface area contributed by atoms with E-state index in [1.54, 1.807) is 0 Å². The summed E-state index contributed by atoms with van der Waals surface area (Å²) in [5.41, 5.74) is 2.66. The van der Waals surface area contributed by atoms with Crippen molar-refractivity contribution in [3.63, 3.8) is 0 Å². The molecule has 0 atom stereocenters. The molecule has 1 aliphatic rings. The number of hydrogen-bond donors (Lipinski definition) is 0. The third-order valence-corrected chi connectivity index (χ3v) is 4.27. The molecule has 0 amide bonds. The molecule has 18 heavy (non-hydrogen) atoms. The lowest BCUT2D eigenvalue weighted by atomic mass is 9.91. The fourth-order valence-electron chi connectivity index (χ4n) is 2.35. The van der Waals surface area contributed by atoms with Crippen LogP contribution in [0.5, 0.6) is 0 Å². The van der Waals surface area contributed by atoms with Gasteiger partial charge in [0, 0.05) is 28.5 Å². The van der Waals surface area contributed by atoms with Crippen LogP contribution in [0.4, 0.5) is 5.69 Å². The van der Waals surface area contributed by atoms with Crippen LogP contribution in [0, 0.1) is 0 Å². The van der Waals surface area contributed by atoms with E-state index in [0.29, 0.717) is 5.92 Å². The van der Waals surface area contributed by atoms with E-state index in [1.807, 2.05) is 12.1 Å². The molecule has 1 saturated heterocycles. The Balaban J connectivity index is 1.72. The van der Waals surface area contributed by atoms with Crippen molar-refractivity contribution in [1.82, 2.24) is 0 Å². The topological polar surface area (TPSA) is 3.24 Å². The Bertz CT molecular complexity index is 550. The van der Waals surface area contributed by atoms with Gasteiger partial charge in [0.25, 0.3) is 0 Å². The van der Waals surface area contributed by atoms with Gasteiger partial charge < -0.3 is 4.90 Å². The highest BCUT2D eigenvalue weighted by molar-refractivity contribution is 9.10. The molecule has 92 valence electrons. The molecule has 0 radical (unpaired) electrons. The first-order valence-electron chi connectivity index (χ1n) is 5.99. The summed E-state index contributed by atoms with van der Waals surface area (Å²) < 4.78 is 1.07. The van der Waals surface area contributed by atoms with Crippen molar-refractivity contribution >= 4 is 33.2 Å². The zero-order valence-corrected chi connectivity index (χ0v) is 12.2. The first kappa shape index (κ1) is 12.1. The van der Waals surface area contributed by atoms with Crippen molar-refractivity contribution in [2.24, 2.45) is 0 Å². The minimum atomic E-state index is 0.647. The lowest BCUT2D eigenvalue weighted by Gasteiger charge is -2.42. The molecule has 0 N–H and O–H groups in total. The van der Waals surface area contributed by atoms with E-state index in [2.05, 4.69) is 57.2 Å². The Morgan fingerprint density at radius 2 is 1.78 bits per heavy atom. The van der Waals surface area contributed by atoms with Gasteiger partial charge in [-0.25, -0.2) is 0 Å². The van der Waals surface area contributed by atoms with Gasteiger partial charge in [0.15, 0.2) is 0 Å². The molecule has 1 fully saturated rings. The largest absolute Gasteiger partial charge is 0.369 e. The van der Waals surface area contributed by atoms with E-state index >= 15 is 0 Å². The Morgan fingerprint density at radius 3 is 2.44 bits per heavy atom. The van der Waals surface area contributed by atoms with Gasteiger partial charge in [0.2, 0.25) is 0 Å². The molecule has 0 unspecified atom stereocenters. The van der Waals surface area contributed by atoms with Crippen LogP contribution in [-0.4, -0.2) is 13.1 Å². The molecule has 0 aromatic heterocycles. The van der Waals surface area contributed by atoms with Crippen molar-refractivity contribution in [2.75, 3.05) is 18.0 Å². The van der Waals surface area contributed by atoms with Gasteiger partial charge >= 0.3 is 0 Å². The second-order valence-corrected chi connectivity index (χ2v) is 5.90. The molecule has 0 saturated carbocycles. The molecule has 3 rings (SSSR count). The maximum Gasteiger partial charge on any atom is 0.0512 e. The molecule has 0 bridgehead atoms. The normalized spacial score (nSPS) is 15.6. The molecule has 2 aromatic carbocycles. The highest BCUT2D eigenvalue weighted by Gasteiger charge is 2.28. The number of halogens is 2. The molecule has 3 heteroatoms. The summed E-state index contributed by atoms with van der Waals surface area (Å²) in [5.74, 6) is 0.647. The van der Waals surface area contributed by atoms with Crippen LogP contribution >= 0.6 is 27.5 Å². The second-order valence-electron chi connectivity index (χ2n) is 4.61. The van der Waals surface area contributed by atoms with Crippen molar-refractivity contribution in [3.05, 3.63) is 63.6 Å². The van der Waals surface area contributed by atoms with E-state index in [0.717, 1.165) is 22.6 Å². The number of benzene rings is 2. The Kier molecular flexibility index (Phi) is 3.31. The number of rotatable bonds is 2. The summed E-state index contributed by atoms with van der Waals surface area (Å²) in [5, 5.41) is 0.769. The van der Waals surface area contributed by atoms with Crippen molar-refractivity contribution in [2.45, 2.75) is 5.92 Å². The SMILES string of the molecule is Clc1ccc(N2CC(c3ccccc3)C2)c(Br)c1. The maximum atomic E-state index is 5.96. The summed E-state index contributed by atoms with van der Waals surface area (Å²) in [4.78, 5) is 2.37. The summed E-state index contributed by atoms with van der Waals surface area (Å²) in [6, 6.07) is 16.7. The molecule has 0 aliphatic carbocycles. The van der Waals surface area contributed by atoms with Crippen LogP contribution in [-0.2, 0) is 0 Å². The van der Waals surface area contributed by atoms with Crippen molar-refractivity contribution in [1.29, 1.82) is 0 Å². The molecule has 0 spiro atoms. The Hall–Kier alpha value is -0.990. The molecular formula is C15H13BrClN.